The number of benzene rings is 2. The molecule has 3 aromatic rings. The highest BCUT2D eigenvalue weighted by molar-refractivity contribution is 6.10. The minimum absolute atomic E-state index is 0.252. The van der Waals surface area contributed by atoms with E-state index in [4.69, 9.17) is 0 Å². The fraction of sp³-hybridized carbons (Fsp3) is 0.105. The number of hydrogen-bond donors (Lipinski definition) is 2. The van der Waals surface area contributed by atoms with Gasteiger partial charge in [-0.05, 0) is 30.7 Å². The molecule has 24 heavy (non-hydrogen) atoms. The van der Waals surface area contributed by atoms with E-state index in [9.17, 15) is 9.59 Å². The van der Waals surface area contributed by atoms with E-state index in [1.807, 2.05) is 49.4 Å². The number of anilines is 2. The average molecular weight is 319 g/mol. The summed E-state index contributed by atoms with van der Waals surface area (Å²) in [4.78, 5) is 28.5. The largest absolute Gasteiger partial charge is 0.325 e. The van der Waals surface area contributed by atoms with E-state index in [0.717, 1.165) is 10.9 Å². The van der Waals surface area contributed by atoms with Gasteiger partial charge in [0.2, 0.25) is 11.8 Å². The molecule has 0 saturated heterocycles. The van der Waals surface area contributed by atoms with Crippen LogP contribution in [-0.4, -0.2) is 16.8 Å². The first-order valence-electron chi connectivity index (χ1n) is 7.62. The van der Waals surface area contributed by atoms with E-state index in [0.29, 0.717) is 16.9 Å². The number of amides is 2. The minimum atomic E-state index is -0.376. The molecule has 0 fully saturated rings. The van der Waals surface area contributed by atoms with E-state index >= 15 is 0 Å². The fourth-order valence-electron chi connectivity index (χ4n) is 2.45. The average Bonchev–Trinajstić information content (AvgIpc) is 2.57. The zero-order chi connectivity index (χ0) is 16.9. The maximum absolute atomic E-state index is 12.1. The molecule has 120 valence electrons. The third-order valence-electron chi connectivity index (χ3n) is 3.65. The van der Waals surface area contributed by atoms with Gasteiger partial charge in [-0.1, -0.05) is 36.4 Å². The summed E-state index contributed by atoms with van der Waals surface area (Å²) in [7, 11) is 0. The lowest BCUT2D eigenvalue weighted by molar-refractivity contribution is -0.123. The van der Waals surface area contributed by atoms with Gasteiger partial charge in [-0.2, -0.15) is 0 Å². The van der Waals surface area contributed by atoms with Crippen molar-refractivity contribution in [2.45, 2.75) is 13.3 Å². The predicted octanol–water partition coefficient (Wildman–Crippen LogP) is 3.51. The van der Waals surface area contributed by atoms with Crippen molar-refractivity contribution < 1.29 is 9.59 Å². The minimum Gasteiger partial charge on any atom is -0.325 e. The molecule has 2 N–H and O–H groups in total. The summed E-state index contributed by atoms with van der Waals surface area (Å²) in [6.45, 7) is 1.90. The number of aromatic nitrogens is 1. The van der Waals surface area contributed by atoms with Crippen LogP contribution < -0.4 is 10.6 Å². The molecular formula is C19H17N3O2. The monoisotopic (exact) mass is 319 g/mol. The Bertz CT molecular complexity index is 901. The zero-order valence-corrected chi connectivity index (χ0v) is 13.2. The van der Waals surface area contributed by atoms with E-state index in [-0.39, 0.29) is 18.2 Å². The first-order valence-corrected chi connectivity index (χ1v) is 7.62. The van der Waals surface area contributed by atoms with Crippen LogP contribution in [0.3, 0.4) is 0 Å². The number of nitrogens with one attached hydrogen (secondary N) is 2. The number of para-hydroxylation sites is 2. The molecule has 0 spiro atoms. The topological polar surface area (TPSA) is 71.1 Å². The van der Waals surface area contributed by atoms with Gasteiger partial charge in [0.15, 0.2) is 0 Å². The Kier molecular flexibility index (Phi) is 4.52. The van der Waals surface area contributed by atoms with Crippen molar-refractivity contribution in [3.05, 3.63) is 66.4 Å². The van der Waals surface area contributed by atoms with Crippen LogP contribution >= 0.6 is 0 Å². The second-order valence-electron chi connectivity index (χ2n) is 5.47. The van der Waals surface area contributed by atoms with Crippen molar-refractivity contribution >= 4 is 34.1 Å². The Balaban J connectivity index is 1.67. The number of fused-ring (bicyclic) bond motifs is 1. The normalized spacial score (nSPS) is 10.4. The summed E-state index contributed by atoms with van der Waals surface area (Å²) in [5.41, 5.74) is 2.96. The Hall–Kier alpha value is -3.21. The van der Waals surface area contributed by atoms with E-state index < -0.39 is 0 Å². The molecule has 1 heterocycles. The van der Waals surface area contributed by atoms with Gasteiger partial charge in [0, 0.05) is 17.3 Å². The Labute approximate surface area is 139 Å². The number of nitrogens with zero attached hydrogens (tertiary/aromatic N) is 1. The molecule has 0 radical (unpaired) electrons. The molecule has 0 bridgehead atoms. The molecule has 0 aliphatic carbocycles. The standard InChI is InChI=1S/C19H17N3O2/c1-13-6-2-3-9-15(13)21-17(23)12-18(24)22-16-10-4-7-14-8-5-11-20-19(14)16/h2-11H,12H2,1H3,(H,21,23)(H,22,24). The molecule has 2 amide bonds. The predicted molar refractivity (Wildman–Crippen MR) is 94.8 cm³/mol. The first-order chi connectivity index (χ1) is 11.6. The van der Waals surface area contributed by atoms with Crippen LogP contribution in [0.5, 0.6) is 0 Å². The van der Waals surface area contributed by atoms with Gasteiger partial charge in [-0.3, -0.25) is 14.6 Å². The number of aryl methyl sites for hydroxylation is 1. The van der Waals surface area contributed by atoms with Gasteiger partial charge >= 0.3 is 0 Å². The lowest BCUT2D eigenvalue weighted by Crippen LogP contribution is -2.21. The van der Waals surface area contributed by atoms with Crippen LogP contribution in [0.15, 0.2) is 60.8 Å². The van der Waals surface area contributed by atoms with Gasteiger partial charge in [0.25, 0.3) is 0 Å². The highest BCUT2D eigenvalue weighted by Gasteiger charge is 2.12. The van der Waals surface area contributed by atoms with Crippen molar-refractivity contribution in [1.82, 2.24) is 4.98 Å². The molecule has 5 heteroatoms. The van der Waals surface area contributed by atoms with Crippen LogP contribution in [0.2, 0.25) is 0 Å². The third kappa shape index (κ3) is 3.57. The van der Waals surface area contributed by atoms with Crippen LogP contribution in [0.25, 0.3) is 10.9 Å². The molecule has 1 aromatic heterocycles. The molecule has 0 unspecified atom stereocenters. The quantitative estimate of drug-likeness (QED) is 0.723. The van der Waals surface area contributed by atoms with Gasteiger partial charge < -0.3 is 10.6 Å². The molecule has 0 atom stereocenters. The zero-order valence-electron chi connectivity index (χ0n) is 13.2. The fourth-order valence-corrected chi connectivity index (χ4v) is 2.45. The summed E-state index contributed by atoms with van der Waals surface area (Å²) in [5, 5.41) is 6.43. The summed E-state index contributed by atoms with van der Waals surface area (Å²) in [6.07, 6.45) is 1.42. The molecule has 2 aromatic carbocycles. The Morgan fingerprint density at radius 2 is 1.54 bits per heavy atom. The summed E-state index contributed by atoms with van der Waals surface area (Å²) in [6, 6.07) is 16.7. The van der Waals surface area contributed by atoms with Gasteiger partial charge in [-0.25, -0.2) is 0 Å². The molecule has 0 aliphatic rings. The van der Waals surface area contributed by atoms with Gasteiger partial charge in [-0.15, -0.1) is 0 Å². The van der Waals surface area contributed by atoms with Crippen LogP contribution in [0, 0.1) is 6.92 Å². The van der Waals surface area contributed by atoms with E-state index in [1.54, 1.807) is 18.3 Å². The smallest absolute Gasteiger partial charge is 0.233 e. The second kappa shape index (κ2) is 6.91. The van der Waals surface area contributed by atoms with E-state index in [1.165, 1.54) is 0 Å². The third-order valence-corrected chi connectivity index (χ3v) is 3.65. The summed E-state index contributed by atoms with van der Waals surface area (Å²) >= 11 is 0. The Morgan fingerprint density at radius 1 is 0.875 bits per heavy atom. The van der Waals surface area contributed by atoms with Crippen molar-refractivity contribution in [2.75, 3.05) is 10.6 Å². The second-order valence-corrected chi connectivity index (χ2v) is 5.47. The first kappa shape index (κ1) is 15.7. The molecule has 3 rings (SSSR count). The maximum Gasteiger partial charge on any atom is 0.233 e. The van der Waals surface area contributed by atoms with Crippen molar-refractivity contribution in [3.8, 4) is 0 Å². The molecule has 0 saturated carbocycles. The van der Waals surface area contributed by atoms with Crippen LogP contribution in [0.4, 0.5) is 11.4 Å². The highest BCUT2D eigenvalue weighted by Crippen LogP contribution is 2.20. The molecule has 5 nitrogen and oxygen atoms in total. The molecule has 0 aliphatic heterocycles. The van der Waals surface area contributed by atoms with Crippen LogP contribution in [-0.2, 0) is 9.59 Å². The number of carbonyl (C=O) groups is 2. The number of pyridine rings is 1. The lowest BCUT2D eigenvalue weighted by atomic mass is 10.2. The van der Waals surface area contributed by atoms with Crippen molar-refractivity contribution in [1.29, 1.82) is 0 Å². The SMILES string of the molecule is Cc1ccccc1NC(=O)CC(=O)Nc1cccc2cccnc12. The van der Waals surface area contributed by atoms with Crippen molar-refractivity contribution in [3.63, 3.8) is 0 Å². The number of carbonyl (C=O) groups excluding carboxylic acids is 2. The maximum atomic E-state index is 12.1. The van der Waals surface area contributed by atoms with Crippen LogP contribution in [0.1, 0.15) is 12.0 Å². The number of rotatable bonds is 4. The van der Waals surface area contributed by atoms with Crippen molar-refractivity contribution in [2.24, 2.45) is 0 Å². The highest BCUT2D eigenvalue weighted by atomic mass is 16.2. The van der Waals surface area contributed by atoms with Gasteiger partial charge in [0.1, 0.15) is 6.42 Å². The lowest BCUT2D eigenvalue weighted by Gasteiger charge is -2.09. The molecular weight excluding hydrogens is 302 g/mol. The van der Waals surface area contributed by atoms with E-state index in [2.05, 4.69) is 15.6 Å². The summed E-state index contributed by atoms with van der Waals surface area (Å²) in [5.74, 6) is -0.728. The van der Waals surface area contributed by atoms with Gasteiger partial charge in [0.05, 0.1) is 11.2 Å². The number of hydrogen-bond acceptors (Lipinski definition) is 3. The Morgan fingerprint density at radius 3 is 2.33 bits per heavy atom. The summed E-state index contributed by atoms with van der Waals surface area (Å²) < 4.78 is 0.